The van der Waals surface area contributed by atoms with Crippen molar-refractivity contribution in [1.29, 1.82) is 0 Å². The number of aromatic nitrogens is 2. The smallest absolute Gasteiger partial charge is 0.263 e. The Bertz CT molecular complexity index is 646. The molecule has 1 amide bonds. The molecule has 0 aliphatic carbocycles. The summed E-state index contributed by atoms with van der Waals surface area (Å²) in [5.74, 6) is 0.774. The van der Waals surface area contributed by atoms with E-state index in [2.05, 4.69) is 16.9 Å². The van der Waals surface area contributed by atoms with E-state index in [1.165, 1.54) is 11.3 Å². The molecule has 2 aromatic rings. The second-order valence-corrected chi connectivity index (χ2v) is 5.71. The Balaban J connectivity index is 2.12. The molecular formula is C14H19N5OS. The normalized spacial score (nSPS) is 10.4. The van der Waals surface area contributed by atoms with Crippen molar-refractivity contribution in [2.75, 3.05) is 24.2 Å². The molecule has 2 rings (SSSR count). The fourth-order valence-corrected chi connectivity index (χ4v) is 2.80. The topological polar surface area (TPSA) is 76.2 Å². The second kappa shape index (κ2) is 6.45. The predicted molar refractivity (Wildman–Crippen MR) is 86.6 cm³/mol. The van der Waals surface area contributed by atoms with E-state index in [0.717, 1.165) is 10.8 Å². The van der Waals surface area contributed by atoms with Gasteiger partial charge >= 0.3 is 0 Å². The molecule has 3 N–H and O–H groups in total. The molecule has 2 heterocycles. The van der Waals surface area contributed by atoms with Gasteiger partial charge in [-0.15, -0.1) is 17.9 Å². The van der Waals surface area contributed by atoms with Crippen molar-refractivity contribution >= 4 is 27.9 Å². The van der Waals surface area contributed by atoms with Crippen LogP contribution in [0.5, 0.6) is 0 Å². The van der Waals surface area contributed by atoms with Gasteiger partial charge in [0, 0.05) is 33.0 Å². The highest BCUT2D eigenvalue weighted by molar-refractivity contribution is 7.18. The van der Waals surface area contributed by atoms with E-state index in [0.29, 0.717) is 23.7 Å². The van der Waals surface area contributed by atoms with E-state index in [-0.39, 0.29) is 5.91 Å². The number of nitrogen functional groups attached to an aromatic ring is 1. The Labute approximate surface area is 127 Å². The number of carbonyl (C=O) groups excluding carboxylic acids is 1. The lowest BCUT2D eigenvalue weighted by molar-refractivity contribution is 0.0963. The first-order valence-corrected chi connectivity index (χ1v) is 7.30. The Morgan fingerprint density at radius 1 is 1.67 bits per heavy atom. The number of nitrogens with two attached hydrogens (primary N) is 1. The number of aryl methyl sites for hydroxylation is 1. The lowest BCUT2D eigenvalue weighted by Gasteiger charge is -2.16. The van der Waals surface area contributed by atoms with Gasteiger partial charge in [0.05, 0.1) is 17.2 Å². The zero-order valence-electron chi connectivity index (χ0n) is 12.2. The van der Waals surface area contributed by atoms with Crippen LogP contribution in [0.25, 0.3) is 0 Å². The average Bonchev–Trinajstić information content (AvgIpc) is 3.03. The summed E-state index contributed by atoms with van der Waals surface area (Å²) in [5, 5.41) is 3.66. The van der Waals surface area contributed by atoms with E-state index in [1.807, 2.05) is 35.8 Å². The molecule has 7 heteroatoms. The largest absolute Gasteiger partial charge is 0.397 e. The molecule has 0 aromatic carbocycles. The fraction of sp³-hybridized carbons (Fsp3) is 0.286. The summed E-state index contributed by atoms with van der Waals surface area (Å²) in [6.45, 7) is 4.65. The van der Waals surface area contributed by atoms with Crippen LogP contribution >= 0.6 is 11.3 Å². The Hall–Kier alpha value is -2.28. The number of hydrogen-bond donors (Lipinski definition) is 2. The summed E-state index contributed by atoms with van der Waals surface area (Å²) in [4.78, 5) is 18.8. The molecule has 0 aliphatic rings. The lowest BCUT2D eigenvalue weighted by Crippen LogP contribution is -2.22. The van der Waals surface area contributed by atoms with Gasteiger partial charge in [-0.05, 0) is 6.07 Å². The van der Waals surface area contributed by atoms with Crippen LogP contribution in [-0.2, 0) is 13.6 Å². The van der Waals surface area contributed by atoms with Crippen molar-refractivity contribution < 1.29 is 4.79 Å². The number of imidazole rings is 1. The number of rotatable bonds is 6. The summed E-state index contributed by atoms with van der Waals surface area (Å²) in [7, 11) is 3.90. The maximum Gasteiger partial charge on any atom is 0.263 e. The highest BCUT2D eigenvalue weighted by Gasteiger charge is 2.16. The minimum Gasteiger partial charge on any atom is -0.397 e. The lowest BCUT2D eigenvalue weighted by atomic mass is 10.3. The van der Waals surface area contributed by atoms with Gasteiger partial charge in [0.2, 0.25) is 0 Å². The summed E-state index contributed by atoms with van der Waals surface area (Å²) < 4.78 is 1.96. The minimum atomic E-state index is -0.172. The third-order valence-corrected chi connectivity index (χ3v) is 4.30. The molecule has 0 aliphatic heterocycles. The molecule has 0 saturated heterocycles. The van der Waals surface area contributed by atoms with Crippen LogP contribution in [0, 0.1) is 0 Å². The molecule has 6 nitrogen and oxygen atoms in total. The molecule has 0 fully saturated rings. The summed E-state index contributed by atoms with van der Waals surface area (Å²) in [6, 6.07) is 1.82. The molecule has 0 unspecified atom stereocenters. The van der Waals surface area contributed by atoms with Gasteiger partial charge in [-0.1, -0.05) is 6.08 Å². The molecule has 21 heavy (non-hydrogen) atoms. The maximum absolute atomic E-state index is 12.0. The molecule has 0 spiro atoms. The van der Waals surface area contributed by atoms with Crippen LogP contribution in [0.15, 0.2) is 31.1 Å². The van der Waals surface area contributed by atoms with Crippen molar-refractivity contribution in [3.63, 3.8) is 0 Å². The molecule has 0 radical (unpaired) electrons. The molecule has 112 valence electrons. The van der Waals surface area contributed by atoms with Crippen LogP contribution in [0.3, 0.4) is 0 Å². The molecule has 0 bridgehead atoms. The van der Waals surface area contributed by atoms with Crippen molar-refractivity contribution in [1.82, 2.24) is 14.9 Å². The number of thiophene rings is 1. The second-order valence-electron chi connectivity index (χ2n) is 4.68. The van der Waals surface area contributed by atoms with Gasteiger partial charge < -0.3 is 20.5 Å². The van der Waals surface area contributed by atoms with Crippen molar-refractivity contribution in [2.24, 2.45) is 7.05 Å². The predicted octanol–water partition coefficient (Wildman–Crippen LogP) is 1.62. The average molecular weight is 305 g/mol. The van der Waals surface area contributed by atoms with Crippen LogP contribution in [0.1, 0.15) is 15.5 Å². The van der Waals surface area contributed by atoms with E-state index in [4.69, 9.17) is 5.73 Å². The number of nitrogens with one attached hydrogen (secondary N) is 1. The van der Waals surface area contributed by atoms with E-state index >= 15 is 0 Å². The van der Waals surface area contributed by atoms with Gasteiger partial charge in [0.1, 0.15) is 10.7 Å². The van der Waals surface area contributed by atoms with Gasteiger partial charge in [0.25, 0.3) is 5.91 Å². The number of hydrogen-bond acceptors (Lipinski definition) is 5. The van der Waals surface area contributed by atoms with Gasteiger partial charge in [-0.2, -0.15) is 0 Å². The first kappa shape index (κ1) is 15.1. The summed E-state index contributed by atoms with van der Waals surface area (Å²) >= 11 is 1.37. The number of anilines is 2. The maximum atomic E-state index is 12.0. The first-order valence-electron chi connectivity index (χ1n) is 6.48. The number of amides is 1. The summed E-state index contributed by atoms with van der Waals surface area (Å²) in [6.07, 6.45) is 5.30. The number of nitrogens with zero attached hydrogens (tertiary/aromatic N) is 3. The van der Waals surface area contributed by atoms with Crippen molar-refractivity contribution in [3.8, 4) is 0 Å². The van der Waals surface area contributed by atoms with E-state index < -0.39 is 0 Å². The van der Waals surface area contributed by atoms with E-state index in [9.17, 15) is 4.79 Å². The van der Waals surface area contributed by atoms with E-state index in [1.54, 1.807) is 12.3 Å². The standard InChI is InChI=1S/C14H19N5OS/c1-4-5-17-14(20)13-10(15)8-12(21-13)19(3)9-11-16-6-7-18(11)2/h4,6-8H,1,5,9,15H2,2-3H3,(H,17,20). The van der Waals surface area contributed by atoms with Gasteiger partial charge in [-0.3, -0.25) is 4.79 Å². The van der Waals surface area contributed by atoms with Crippen LogP contribution < -0.4 is 16.0 Å². The molecular weight excluding hydrogens is 286 g/mol. The zero-order chi connectivity index (χ0) is 15.4. The monoisotopic (exact) mass is 305 g/mol. The van der Waals surface area contributed by atoms with Crippen LogP contribution in [0.2, 0.25) is 0 Å². The van der Waals surface area contributed by atoms with Gasteiger partial charge in [0.15, 0.2) is 0 Å². The Morgan fingerprint density at radius 2 is 2.43 bits per heavy atom. The highest BCUT2D eigenvalue weighted by atomic mass is 32.1. The molecule has 0 atom stereocenters. The van der Waals surface area contributed by atoms with Crippen molar-refractivity contribution in [3.05, 3.63) is 41.8 Å². The third kappa shape index (κ3) is 3.43. The first-order chi connectivity index (χ1) is 10.0. The van der Waals surface area contributed by atoms with Crippen molar-refractivity contribution in [2.45, 2.75) is 6.54 Å². The Kier molecular flexibility index (Phi) is 4.64. The summed E-state index contributed by atoms with van der Waals surface area (Å²) in [5.41, 5.74) is 6.42. The SMILES string of the molecule is C=CCNC(=O)c1sc(N(C)Cc2nccn2C)cc1N. The van der Waals surface area contributed by atoms with Gasteiger partial charge in [-0.25, -0.2) is 4.98 Å². The van der Waals surface area contributed by atoms with Crippen LogP contribution in [0.4, 0.5) is 10.7 Å². The quantitative estimate of drug-likeness (QED) is 0.795. The van der Waals surface area contributed by atoms with Crippen LogP contribution in [-0.4, -0.2) is 29.1 Å². The minimum absolute atomic E-state index is 0.172. The molecule has 0 saturated carbocycles. The fourth-order valence-electron chi connectivity index (χ4n) is 1.84. The number of carbonyl (C=O) groups is 1. The Morgan fingerprint density at radius 3 is 3.05 bits per heavy atom. The third-order valence-electron chi connectivity index (χ3n) is 3.04. The molecule has 2 aromatic heterocycles. The zero-order valence-corrected chi connectivity index (χ0v) is 13.0. The highest BCUT2D eigenvalue weighted by Crippen LogP contribution is 2.32.